The minimum Gasteiger partial charge on any atom is -0.337 e. The molecule has 1 saturated heterocycles. The average Bonchev–Trinajstić information content (AvgIpc) is 3.12. The van der Waals surface area contributed by atoms with Crippen molar-refractivity contribution in [3.05, 3.63) is 29.3 Å². The molecule has 2 fully saturated rings. The molecule has 6 heteroatoms. The fourth-order valence-corrected chi connectivity index (χ4v) is 4.63. The van der Waals surface area contributed by atoms with Crippen LogP contribution in [0, 0.1) is 18.8 Å². The van der Waals surface area contributed by atoms with Crippen molar-refractivity contribution in [2.24, 2.45) is 17.6 Å². The van der Waals surface area contributed by atoms with Crippen molar-refractivity contribution in [3.8, 4) is 0 Å². The topological polar surface area (TPSA) is 75.4 Å². The first-order valence-corrected chi connectivity index (χ1v) is 10.2. The van der Waals surface area contributed by atoms with Gasteiger partial charge in [0.15, 0.2) is 0 Å². The highest BCUT2D eigenvalue weighted by atomic mass is 32.2. The van der Waals surface area contributed by atoms with Gasteiger partial charge in [-0.3, -0.25) is 9.59 Å². The van der Waals surface area contributed by atoms with Crippen LogP contribution in [0.15, 0.2) is 18.2 Å². The number of rotatable bonds is 4. The molecule has 0 bridgehead atoms. The number of hydrogen-bond acceptors (Lipinski definition) is 4. The summed E-state index contributed by atoms with van der Waals surface area (Å²) >= 11 is 1.88. The Morgan fingerprint density at radius 1 is 1.28 bits per heavy atom. The number of amides is 2. The number of hydrogen-bond donors (Lipinski definition) is 2. The van der Waals surface area contributed by atoms with E-state index in [9.17, 15) is 9.59 Å². The predicted molar refractivity (Wildman–Crippen MR) is 103 cm³/mol. The van der Waals surface area contributed by atoms with Crippen LogP contribution in [-0.2, 0) is 4.79 Å². The molecular weight excluding hydrogens is 334 g/mol. The van der Waals surface area contributed by atoms with Gasteiger partial charge in [0.05, 0.1) is 0 Å². The van der Waals surface area contributed by atoms with E-state index in [1.165, 1.54) is 0 Å². The van der Waals surface area contributed by atoms with E-state index in [0.29, 0.717) is 12.1 Å². The molecule has 0 radical (unpaired) electrons. The lowest BCUT2D eigenvalue weighted by atomic mass is 9.95. The molecule has 1 aromatic rings. The number of carbonyl (C=O) groups excluding carboxylic acids is 2. The van der Waals surface area contributed by atoms with E-state index in [-0.39, 0.29) is 23.7 Å². The summed E-state index contributed by atoms with van der Waals surface area (Å²) in [5.74, 6) is 2.33. The normalized spacial score (nSPS) is 23.5. The molecule has 2 aliphatic rings. The summed E-state index contributed by atoms with van der Waals surface area (Å²) in [6.45, 7) is 4.09. The van der Waals surface area contributed by atoms with Gasteiger partial charge in [-0.1, -0.05) is 12.5 Å². The molecule has 136 valence electrons. The highest BCUT2D eigenvalue weighted by Crippen LogP contribution is 2.32. The van der Waals surface area contributed by atoms with Gasteiger partial charge in [0.2, 0.25) is 5.91 Å². The molecule has 25 heavy (non-hydrogen) atoms. The van der Waals surface area contributed by atoms with E-state index in [4.69, 9.17) is 5.73 Å². The van der Waals surface area contributed by atoms with Gasteiger partial charge in [-0.15, -0.1) is 0 Å². The molecule has 1 aliphatic carbocycles. The van der Waals surface area contributed by atoms with Crippen molar-refractivity contribution >= 4 is 29.3 Å². The zero-order valence-electron chi connectivity index (χ0n) is 14.8. The molecule has 0 spiro atoms. The molecule has 2 amide bonds. The average molecular weight is 362 g/mol. The van der Waals surface area contributed by atoms with Gasteiger partial charge in [0, 0.05) is 41.8 Å². The number of nitrogens with zero attached hydrogens (tertiary/aromatic N) is 1. The van der Waals surface area contributed by atoms with Crippen LogP contribution in [0.5, 0.6) is 0 Å². The smallest absolute Gasteiger partial charge is 0.253 e. The summed E-state index contributed by atoms with van der Waals surface area (Å²) < 4.78 is 0. The largest absolute Gasteiger partial charge is 0.337 e. The number of aryl methyl sites for hydroxylation is 1. The van der Waals surface area contributed by atoms with E-state index < -0.39 is 0 Å². The van der Waals surface area contributed by atoms with Gasteiger partial charge in [-0.25, -0.2) is 0 Å². The lowest BCUT2D eigenvalue weighted by molar-refractivity contribution is -0.120. The summed E-state index contributed by atoms with van der Waals surface area (Å²) in [6.07, 6.45) is 2.99. The lowest BCUT2D eigenvalue weighted by Gasteiger charge is -2.26. The Kier molecular flexibility index (Phi) is 6.02. The summed E-state index contributed by atoms with van der Waals surface area (Å²) in [5, 5.41) is 3.05. The Hall–Kier alpha value is -1.53. The highest BCUT2D eigenvalue weighted by molar-refractivity contribution is 7.99. The van der Waals surface area contributed by atoms with E-state index in [1.54, 1.807) is 0 Å². The maximum absolute atomic E-state index is 12.7. The van der Waals surface area contributed by atoms with Gasteiger partial charge in [-0.05, 0) is 49.9 Å². The zero-order valence-corrected chi connectivity index (χ0v) is 15.6. The molecular formula is C19H27N3O2S. The first kappa shape index (κ1) is 18.3. The number of nitrogens with two attached hydrogens (primary N) is 1. The van der Waals surface area contributed by atoms with Crippen molar-refractivity contribution in [2.75, 3.05) is 36.5 Å². The molecule has 5 nitrogen and oxygen atoms in total. The maximum Gasteiger partial charge on any atom is 0.253 e. The van der Waals surface area contributed by atoms with Crippen molar-refractivity contribution in [1.82, 2.24) is 4.90 Å². The minimum atomic E-state index is -0.0112. The van der Waals surface area contributed by atoms with Gasteiger partial charge in [0.1, 0.15) is 0 Å². The van der Waals surface area contributed by atoms with Gasteiger partial charge in [-0.2, -0.15) is 11.8 Å². The van der Waals surface area contributed by atoms with Gasteiger partial charge in [0.25, 0.3) is 5.91 Å². The monoisotopic (exact) mass is 361 g/mol. The van der Waals surface area contributed by atoms with Crippen LogP contribution in [0.4, 0.5) is 5.69 Å². The Bertz CT molecular complexity index is 644. The third-order valence-corrected chi connectivity index (χ3v) is 6.28. The van der Waals surface area contributed by atoms with Crippen molar-refractivity contribution in [2.45, 2.75) is 26.2 Å². The van der Waals surface area contributed by atoms with Crippen molar-refractivity contribution in [1.29, 1.82) is 0 Å². The van der Waals surface area contributed by atoms with E-state index in [2.05, 4.69) is 5.32 Å². The Balaban J connectivity index is 1.73. The SMILES string of the molecule is Cc1ccc(C(=O)N2CCSCC2)cc1NC(=O)[C@@H]1CCC[C@@H]1CN. The van der Waals surface area contributed by atoms with Gasteiger partial charge >= 0.3 is 0 Å². The zero-order chi connectivity index (χ0) is 17.8. The maximum atomic E-state index is 12.7. The van der Waals surface area contributed by atoms with Crippen molar-refractivity contribution in [3.63, 3.8) is 0 Å². The van der Waals surface area contributed by atoms with Gasteiger partial charge < -0.3 is 16.0 Å². The second kappa shape index (κ2) is 8.23. The lowest BCUT2D eigenvalue weighted by Crippen LogP contribution is -2.38. The van der Waals surface area contributed by atoms with Crippen LogP contribution >= 0.6 is 11.8 Å². The van der Waals surface area contributed by atoms with Crippen LogP contribution in [0.1, 0.15) is 35.2 Å². The third-order valence-electron chi connectivity index (χ3n) is 5.34. The molecule has 3 N–H and O–H groups in total. The molecule has 2 atom stereocenters. The highest BCUT2D eigenvalue weighted by Gasteiger charge is 2.32. The second-order valence-corrected chi connectivity index (χ2v) is 8.18. The molecule has 0 aromatic heterocycles. The number of nitrogens with one attached hydrogen (secondary N) is 1. The van der Waals surface area contributed by atoms with Crippen LogP contribution in [0.25, 0.3) is 0 Å². The first-order valence-electron chi connectivity index (χ1n) is 9.08. The third kappa shape index (κ3) is 4.18. The molecule has 1 saturated carbocycles. The fourth-order valence-electron chi connectivity index (χ4n) is 3.73. The van der Waals surface area contributed by atoms with Crippen LogP contribution in [0.3, 0.4) is 0 Å². The first-order chi connectivity index (χ1) is 12.1. The second-order valence-electron chi connectivity index (χ2n) is 6.96. The fraction of sp³-hybridized carbons (Fsp3) is 0.579. The van der Waals surface area contributed by atoms with E-state index >= 15 is 0 Å². The van der Waals surface area contributed by atoms with E-state index in [1.807, 2.05) is 41.8 Å². The summed E-state index contributed by atoms with van der Waals surface area (Å²) in [7, 11) is 0. The molecule has 1 heterocycles. The van der Waals surface area contributed by atoms with Crippen LogP contribution < -0.4 is 11.1 Å². The quantitative estimate of drug-likeness (QED) is 0.864. The minimum absolute atomic E-state index is 0.0112. The number of anilines is 1. The molecule has 3 rings (SSSR count). The number of thioether (sulfide) groups is 1. The Morgan fingerprint density at radius 2 is 2.04 bits per heavy atom. The summed E-state index contributed by atoms with van der Waals surface area (Å²) in [5.41, 5.74) is 8.16. The number of benzene rings is 1. The van der Waals surface area contributed by atoms with Crippen LogP contribution in [0.2, 0.25) is 0 Å². The molecule has 0 unspecified atom stereocenters. The Labute approximate surface area is 153 Å². The van der Waals surface area contributed by atoms with Crippen molar-refractivity contribution < 1.29 is 9.59 Å². The Morgan fingerprint density at radius 3 is 2.76 bits per heavy atom. The summed E-state index contributed by atoms with van der Waals surface area (Å²) in [4.78, 5) is 27.2. The summed E-state index contributed by atoms with van der Waals surface area (Å²) in [6, 6.07) is 5.59. The standard InChI is InChI=1S/C19H27N3O2S/c1-13-5-6-14(19(24)22-7-9-25-10-8-22)11-17(13)21-18(23)16-4-2-3-15(16)12-20/h5-6,11,15-16H,2-4,7-10,12,20H2,1H3,(H,21,23)/t15-,16-/m1/s1. The molecule has 1 aromatic carbocycles. The number of carbonyl (C=O) groups is 2. The molecule has 1 aliphatic heterocycles. The van der Waals surface area contributed by atoms with E-state index in [0.717, 1.165) is 55.1 Å². The van der Waals surface area contributed by atoms with Crippen LogP contribution in [-0.4, -0.2) is 47.9 Å². The predicted octanol–water partition coefficient (Wildman–Crippen LogP) is 2.50.